The number of amides is 4. The van der Waals surface area contributed by atoms with Crippen molar-refractivity contribution in [1.29, 1.82) is 0 Å². The standard InChI is InChI=1S/C22H16F3N3O5/c1-32-15-7-6-14-11-28(18(29)16(14)10-15)12-21(19(30)26-20(31)27-21)9-8-13-4-2-3-5-17(13)33-22(23,24)25/h2-7,10H,11-12H2,1H3,(H2,26,27,30,31)/t21-/m1/s1. The minimum atomic E-state index is -4.94. The average Bonchev–Trinajstić information content (AvgIpc) is 3.21. The van der Waals surface area contributed by atoms with E-state index in [1.165, 1.54) is 30.2 Å². The molecule has 4 amide bonds. The van der Waals surface area contributed by atoms with Crippen LogP contribution in [0.25, 0.3) is 0 Å². The Kier molecular flexibility index (Phi) is 5.37. The molecule has 0 aromatic heterocycles. The Morgan fingerprint density at radius 2 is 1.91 bits per heavy atom. The fourth-order valence-corrected chi connectivity index (χ4v) is 3.57. The summed E-state index contributed by atoms with van der Waals surface area (Å²) in [6.45, 7) is -0.172. The van der Waals surface area contributed by atoms with E-state index >= 15 is 0 Å². The molecular formula is C22H16F3N3O5. The Bertz CT molecular complexity index is 1220. The highest BCUT2D eigenvalue weighted by molar-refractivity contribution is 6.10. The zero-order valence-electron chi connectivity index (χ0n) is 17.1. The molecule has 0 aliphatic carbocycles. The molecule has 170 valence electrons. The van der Waals surface area contributed by atoms with Crippen LogP contribution in [-0.2, 0) is 11.3 Å². The van der Waals surface area contributed by atoms with E-state index in [-0.39, 0.29) is 18.7 Å². The number of hydrogen-bond acceptors (Lipinski definition) is 5. The normalized spacial score (nSPS) is 19.4. The summed E-state index contributed by atoms with van der Waals surface area (Å²) in [6, 6.07) is 9.26. The monoisotopic (exact) mass is 459 g/mol. The Hall–Kier alpha value is -4.20. The molecule has 1 atom stereocenters. The molecule has 0 bridgehead atoms. The van der Waals surface area contributed by atoms with Gasteiger partial charge in [-0.25, -0.2) is 4.79 Å². The van der Waals surface area contributed by atoms with Crippen molar-refractivity contribution in [2.75, 3.05) is 13.7 Å². The molecule has 4 rings (SSSR count). The summed E-state index contributed by atoms with van der Waals surface area (Å²) in [5.41, 5.74) is -0.947. The first-order valence-corrected chi connectivity index (χ1v) is 9.58. The maximum absolute atomic E-state index is 12.9. The SMILES string of the molecule is COc1ccc2c(c1)C(=O)N(C[C@@]1(C#Cc3ccccc3OC(F)(F)F)NC(=O)NC1=O)C2. The van der Waals surface area contributed by atoms with Gasteiger partial charge in [0.25, 0.3) is 11.8 Å². The zero-order chi connectivity index (χ0) is 23.8. The fraction of sp³-hybridized carbons (Fsp3) is 0.227. The van der Waals surface area contributed by atoms with E-state index < -0.39 is 35.5 Å². The first kappa shape index (κ1) is 22.0. The molecule has 2 aliphatic rings. The molecule has 0 unspecified atom stereocenters. The lowest BCUT2D eigenvalue weighted by Crippen LogP contribution is -2.54. The summed E-state index contributed by atoms with van der Waals surface area (Å²) in [5.74, 6) is 3.73. The van der Waals surface area contributed by atoms with Crippen molar-refractivity contribution >= 4 is 17.8 Å². The van der Waals surface area contributed by atoms with Gasteiger partial charge in [0.2, 0.25) is 5.54 Å². The minimum Gasteiger partial charge on any atom is -0.497 e. The van der Waals surface area contributed by atoms with Crippen molar-refractivity contribution in [2.24, 2.45) is 0 Å². The minimum absolute atomic E-state index is 0.149. The third-order valence-corrected chi connectivity index (χ3v) is 5.09. The van der Waals surface area contributed by atoms with Crippen LogP contribution in [-0.4, -0.2) is 48.3 Å². The number of imide groups is 1. The molecule has 11 heteroatoms. The van der Waals surface area contributed by atoms with Crippen LogP contribution < -0.4 is 20.1 Å². The van der Waals surface area contributed by atoms with Gasteiger partial charge in [-0.2, -0.15) is 0 Å². The number of urea groups is 1. The van der Waals surface area contributed by atoms with Crippen LogP contribution in [0.15, 0.2) is 42.5 Å². The van der Waals surface area contributed by atoms with Gasteiger partial charge >= 0.3 is 12.4 Å². The summed E-state index contributed by atoms with van der Waals surface area (Å²) in [4.78, 5) is 38.8. The molecule has 0 saturated carbocycles. The van der Waals surface area contributed by atoms with Crippen LogP contribution in [0.1, 0.15) is 21.5 Å². The lowest BCUT2D eigenvalue weighted by molar-refractivity contribution is -0.274. The zero-order valence-corrected chi connectivity index (χ0v) is 17.1. The molecule has 0 radical (unpaired) electrons. The summed E-state index contributed by atoms with van der Waals surface area (Å²) in [7, 11) is 1.46. The molecule has 0 spiro atoms. The van der Waals surface area contributed by atoms with E-state index in [2.05, 4.69) is 27.2 Å². The van der Waals surface area contributed by atoms with Crippen molar-refractivity contribution in [3.8, 4) is 23.3 Å². The lowest BCUT2D eigenvalue weighted by atomic mass is 9.99. The summed E-state index contributed by atoms with van der Waals surface area (Å²) >= 11 is 0. The highest BCUT2D eigenvalue weighted by Crippen LogP contribution is 2.29. The van der Waals surface area contributed by atoms with E-state index in [9.17, 15) is 27.6 Å². The molecule has 33 heavy (non-hydrogen) atoms. The largest absolute Gasteiger partial charge is 0.573 e. The van der Waals surface area contributed by atoms with Crippen LogP contribution in [0.3, 0.4) is 0 Å². The number of halogens is 3. The molecule has 2 aromatic carbocycles. The van der Waals surface area contributed by atoms with Gasteiger partial charge in [0.05, 0.1) is 19.2 Å². The van der Waals surface area contributed by atoms with Gasteiger partial charge in [0.1, 0.15) is 11.5 Å². The maximum atomic E-state index is 12.9. The predicted octanol–water partition coefficient (Wildman–Crippen LogP) is 2.18. The Morgan fingerprint density at radius 3 is 2.58 bits per heavy atom. The van der Waals surface area contributed by atoms with Crippen LogP contribution in [0.4, 0.5) is 18.0 Å². The second-order valence-corrected chi connectivity index (χ2v) is 7.29. The number of carbonyl (C=O) groups is 3. The van der Waals surface area contributed by atoms with Gasteiger partial charge in [-0.15, -0.1) is 13.2 Å². The van der Waals surface area contributed by atoms with E-state index in [0.29, 0.717) is 16.9 Å². The van der Waals surface area contributed by atoms with Crippen molar-refractivity contribution < 1.29 is 37.0 Å². The number of alkyl halides is 3. The van der Waals surface area contributed by atoms with Crippen LogP contribution in [0, 0.1) is 11.8 Å². The first-order chi connectivity index (χ1) is 15.6. The van der Waals surface area contributed by atoms with Crippen LogP contribution >= 0.6 is 0 Å². The number of methoxy groups -OCH3 is 1. The van der Waals surface area contributed by atoms with Gasteiger partial charge < -0.3 is 19.7 Å². The first-order valence-electron chi connectivity index (χ1n) is 9.58. The van der Waals surface area contributed by atoms with Crippen LogP contribution in [0.5, 0.6) is 11.5 Å². The molecule has 1 saturated heterocycles. The molecule has 2 N–H and O–H groups in total. The van der Waals surface area contributed by atoms with Crippen molar-refractivity contribution in [2.45, 2.75) is 18.4 Å². The lowest BCUT2D eigenvalue weighted by Gasteiger charge is -2.26. The Balaban J connectivity index is 1.66. The number of fused-ring (bicyclic) bond motifs is 1. The maximum Gasteiger partial charge on any atom is 0.573 e. The number of para-hydroxylation sites is 1. The average molecular weight is 459 g/mol. The summed E-state index contributed by atoms with van der Waals surface area (Å²) in [5, 5.41) is 4.46. The summed E-state index contributed by atoms with van der Waals surface area (Å²) in [6.07, 6.45) is -4.94. The third-order valence-electron chi connectivity index (χ3n) is 5.09. The van der Waals surface area contributed by atoms with E-state index in [4.69, 9.17) is 4.74 Å². The molecule has 2 aromatic rings. The van der Waals surface area contributed by atoms with Gasteiger partial charge in [0, 0.05) is 12.1 Å². The number of carbonyl (C=O) groups excluding carboxylic acids is 3. The topological polar surface area (TPSA) is 97.0 Å². The molecule has 2 heterocycles. The number of ether oxygens (including phenoxy) is 2. The quantitative estimate of drug-likeness (QED) is 0.540. The molecule has 1 fully saturated rings. The van der Waals surface area contributed by atoms with Gasteiger partial charge in [-0.3, -0.25) is 14.9 Å². The Labute approximate surface area is 185 Å². The highest BCUT2D eigenvalue weighted by Gasteiger charge is 2.48. The smallest absolute Gasteiger partial charge is 0.497 e. The fourth-order valence-electron chi connectivity index (χ4n) is 3.57. The predicted molar refractivity (Wildman–Crippen MR) is 107 cm³/mol. The number of benzene rings is 2. The van der Waals surface area contributed by atoms with Gasteiger partial charge in [-0.05, 0) is 29.8 Å². The molecular weight excluding hydrogens is 443 g/mol. The van der Waals surface area contributed by atoms with E-state index in [1.54, 1.807) is 18.2 Å². The summed E-state index contributed by atoms with van der Waals surface area (Å²) < 4.78 is 47.2. The number of hydrogen-bond donors (Lipinski definition) is 2. The second-order valence-electron chi connectivity index (χ2n) is 7.29. The Morgan fingerprint density at radius 1 is 1.15 bits per heavy atom. The van der Waals surface area contributed by atoms with Crippen molar-refractivity contribution in [3.05, 3.63) is 59.2 Å². The van der Waals surface area contributed by atoms with Crippen LogP contribution in [0.2, 0.25) is 0 Å². The second kappa shape index (κ2) is 8.05. The van der Waals surface area contributed by atoms with Gasteiger partial charge in [0.15, 0.2) is 0 Å². The highest BCUT2D eigenvalue weighted by atomic mass is 19.4. The third kappa shape index (κ3) is 4.41. The van der Waals surface area contributed by atoms with Crippen molar-refractivity contribution in [1.82, 2.24) is 15.5 Å². The van der Waals surface area contributed by atoms with E-state index in [1.807, 2.05) is 0 Å². The molecule has 8 nitrogen and oxygen atoms in total. The number of nitrogens with zero attached hydrogens (tertiary/aromatic N) is 1. The molecule has 2 aliphatic heterocycles. The van der Waals surface area contributed by atoms with Crippen molar-refractivity contribution in [3.63, 3.8) is 0 Å². The van der Waals surface area contributed by atoms with Gasteiger partial charge in [-0.1, -0.05) is 30.0 Å². The number of nitrogens with one attached hydrogen (secondary N) is 2. The van der Waals surface area contributed by atoms with E-state index in [0.717, 1.165) is 6.07 Å². The number of rotatable bonds is 4.